The highest BCUT2D eigenvalue weighted by Gasteiger charge is 2.30. The number of ether oxygens (including phenoxy) is 1. The highest BCUT2D eigenvalue weighted by molar-refractivity contribution is 5.92. The molecule has 9 heteroatoms. The van der Waals surface area contributed by atoms with Gasteiger partial charge < -0.3 is 15.0 Å². The summed E-state index contributed by atoms with van der Waals surface area (Å²) in [5, 5.41) is 11.1. The van der Waals surface area contributed by atoms with Crippen LogP contribution < -0.4 is 10.1 Å². The summed E-state index contributed by atoms with van der Waals surface area (Å²) < 4.78 is 20.1. The van der Waals surface area contributed by atoms with Gasteiger partial charge in [-0.1, -0.05) is 18.1 Å². The molecule has 1 aromatic carbocycles. The number of likely N-dealkylation sites (tertiary alicyclic amines) is 1. The first-order chi connectivity index (χ1) is 14.6. The highest BCUT2D eigenvalue weighted by Crippen LogP contribution is 2.20. The summed E-state index contributed by atoms with van der Waals surface area (Å²) in [7, 11) is 0. The van der Waals surface area contributed by atoms with Crippen molar-refractivity contribution in [2.24, 2.45) is 0 Å². The van der Waals surface area contributed by atoms with Gasteiger partial charge in [0.25, 0.3) is 11.8 Å². The molecule has 0 spiro atoms. The van der Waals surface area contributed by atoms with Crippen LogP contribution >= 0.6 is 0 Å². The minimum absolute atomic E-state index is 0.0261. The fourth-order valence-electron chi connectivity index (χ4n) is 4.15. The first-order valence-corrected chi connectivity index (χ1v) is 10.5. The third-order valence-electron chi connectivity index (χ3n) is 5.73. The van der Waals surface area contributed by atoms with Gasteiger partial charge in [0.1, 0.15) is 11.6 Å². The number of carbonyl (C=O) groups is 2. The largest absolute Gasteiger partial charge is 0.484 e. The van der Waals surface area contributed by atoms with Crippen LogP contribution in [0, 0.1) is 5.82 Å². The van der Waals surface area contributed by atoms with Gasteiger partial charge in [-0.05, 0) is 49.9 Å². The van der Waals surface area contributed by atoms with Crippen LogP contribution in [0.15, 0.2) is 30.5 Å². The number of benzene rings is 1. The smallest absolute Gasteiger partial charge is 0.273 e. The monoisotopic (exact) mass is 415 g/mol. The molecular weight excluding hydrogens is 389 g/mol. The fraction of sp³-hybridized carbons (Fsp3) is 0.524. The Morgan fingerprint density at radius 3 is 2.67 bits per heavy atom. The minimum Gasteiger partial charge on any atom is -0.484 e. The van der Waals surface area contributed by atoms with E-state index in [1.165, 1.54) is 24.3 Å². The maximum atomic E-state index is 13.0. The van der Waals surface area contributed by atoms with Crippen molar-refractivity contribution in [3.05, 3.63) is 42.0 Å². The number of aromatic nitrogens is 3. The first-order valence-electron chi connectivity index (χ1n) is 10.5. The molecule has 1 saturated heterocycles. The molecule has 1 atom stereocenters. The van der Waals surface area contributed by atoms with Crippen LogP contribution in [-0.4, -0.2) is 56.9 Å². The number of carbonyl (C=O) groups excluding carboxylic acids is 2. The maximum absolute atomic E-state index is 13.0. The number of amides is 2. The van der Waals surface area contributed by atoms with E-state index in [9.17, 15) is 14.0 Å². The van der Waals surface area contributed by atoms with Crippen molar-refractivity contribution in [3.8, 4) is 5.75 Å². The summed E-state index contributed by atoms with van der Waals surface area (Å²) in [6.07, 6.45) is 7.71. The molecule has 4 rings (SSSR count). The zero-order chi connectivity index (χ0) is 20.9. The summed E-state index contributed by atoms with van der Waals surface area (Å²) >= 11 is 0. The number of hydrogen-bond acceptors (Lipinski definition) is 5. The van der Waals surface area contributed by atoms with E-state index in [-0.39, 0.29) is 36.3 Å². The predicted molar refractivity (Wildman–Crippen MR) is 106 cm³/mol. The minimum atomic E-state index is -0.350. The Morgan fingerprint density at radius 2 is 1.90 bits per heavy atom. The third-order valence-corrected chi connectivity index (χ3v) is 5.73. The van der Waals surface area contributed by atoms with Gasteiger partial charge in [0.15, 0.2) is 12.3 Å². The molecule has 1 aliphatic carbocycles. The second-order valence-corrected chi connectivity index (χ2v) is 7.91. The molecule has 1 unspecified atom stereocenters. The topological polar surface area (TPSA) is 89.4 Å². The molecule has 2 amide bonds. The number of hydrogen-bond donors (Lipinski definition) is 1. The van der Waals surface area contributed by atoms with Gasteiger partial charge in [-0.25, -0.2) is 9.07 Å². The molecule has 160 valence electrons. The number of halogens is 1. The van der Waals surface area contributed by atoms with Crippen molar-refractivity contribution >= 4 is 11.8 Å². The van der Waals surface area contributed by atoms with Gasteiger partial charge in [-0.2, -0.15) is 0 Å². The molecule has 2 heterocycles. The van der Waals surface area contributed by atoms with Crippen molar-refractivity contribution in [2.45, 2.75) is 57.2 Å². The van der Waals surface area contributed by atoms with E-state index in [1.807, 2.05) is 0 Å². The second-order valence-electron chi connectivity index (χ2n) is 7.91. The van der Waals surface area contributed by atoms with Crippen LogP contribution in [0.4, 0.5) is 4.39 Å². The van der Waals surface area contributed by atoms with E-state index in [2.05, 4.69) is 15.6 Å². The fourth-order valence-corrected chi connectivity index (χ4v) is 4.15. The van der Waals surface area contributed by atoms with Crippen molar-refractivity contribution in [2.75, 3.05) is 13.2 Å². The standard InChI is InChI=1S/C21H26FN5O3/c22-15-7-9-18(10-8-15)30-14-20(28)27-11-3-6-17(27)12-26-13-19(24-25-26)21(29)23-16-4-1-2-5-16/h7-10,13,16-17H,1-6,11-12,14H2,(H,23,29). The van der Waals surface area contributed by atoms with Gasteiger partial charge >= 0.3 is 0 Å². The summed E-state index contributed by atoms with van der Waals surface area (Å²) in [6.45, 7) is 1.03. The zero-order valence-corrected chi connectivity index (χ0v) is 16.8. The summed E-state index contributed by atoms with van der Waals surface area (Å²) in [5.41, 5.74) is 0.303. The lowest BCUT2D eigenvalue weighted by Gasteiger charge is -2.24. The molecule has 1 N–H and O–H groups in total. The molecule has 30 heavy (non-hydrogen) atoms. The van der Waals surface area contributed by atoms with Crippen LogP contribution in [0.3, 0.4) is 0 Å². The quantitative estimate of drug-likeness (QED) is 0.749. The lowest BCUT2D eigenvalue weighted by atomic mass is 10.2. The third kappa shape index (κ3) is 4.95. The van der Waals surface area contributed by atoms with Gasteiger partial charge in [-0.3, -0.25) is 9.59 Å². The molecule has 8 nitrogen and oxygen atoms in total. The summed E-state index contributed by atoms with van der Waals surface area (Å²) in [6, 6.07) is 5.79. The van der Waals surface area contributed by atoms with Crippen molar-refractivity contribution in [1.29, 1.82) is 0 Å². The Bertz CT molecular complexity index is 879. The van der Waals surface area contributed by atoms with Gasteiger partial charge in [0.05, 0.1) is 18.8 Å². The lowest BCUT2D eigenvalue weighted by Crippen LogP contribution is -2.40. The Hall–Kier alpha value is -2.97. The number of rotatable bonds is 7. The van der Waals surface area contributed by atoms with Crippen LogP contribution in [0.2, 0.25) is 0 Å². The zero-order valence-electron chi connectivity index (χ0n) is 16.8. The van der Waals surface area contributed by atoms with Crippen LogP contribution in [0.25, 0.3) is 0 Å². The molecule has 1 aliphatic heterocycles. The average Bonchev–Trinajstić information content (AvgIpc) is 3.50. The van der Waals surface area contributed by atoms with Gasteiger partial charge in [-0.15, -0.1) is 5.10 Å². The van der Waals surface area contributed by atoms with Crippen LogP contribution in [0.5, 0.6) is 5.75 Å². The molecule has 0 bridgehead atoms. The highest BCUT2D eigenvalue weighted by atomic mass is 19.1. The van der Waals surface area contributed by atoms with E-state index >= 15 is 0 Å². The van der Waals surface area contributed by atoms with Crippen molar-refractivity contribution in [3.63, 3.8) is 0 Å². The normalized spacial score (nSPS) is 19.2. The summed E-state index contributed by atoms with van der Waals surface area (Å²) in [4.78, 5) is 26.7. The number of nitrogens with zero attached hydrogens (tertiary/aromatic N) is 4. The van der Waals surface area contributed by atoms with Gasteiger partial charge in [0.2, 0.25) is 0 Å². The Balaban J connectivity index is 1.30. The Morgan fingerprint density at radius 1 is 1.13 bits per heavy atom. The first kappa shape index (κ1) is 20.3. The van der Waals surface area contributed by atoms with Crippen LogP contribution in [0.1, 0.15) is 49.0 Å². The Labute approximate surface area is 174 Å². The molecule has 2 fully saturated rings. The van der Waals surface area contributed by atoms with Crippen LogP contribution in [-0.2, 0) is 11.3 Å². The molecule has 2 aromatic rings. The van der Waals surface area contributed by atoms with Gasteiger partial charge in [0, 0.05) is 12.6 Å². The van der Waals surface area contributed by atoms with Crippen molar-refractivity contribution < 1.29 is 18.7 Å². The molecule has 1 saturated carbocycles. The van der Waals surface area contributed by atoms with E-state index in [0.29, 0.717) is 24.5 Å². The average molecular weight is 415 g/mol. The molecule has 0 radical (unpaired) electrons. The lowest BCUT2D eigenvalue weighted by molar-refractivity contribution is -0.134. The second kappa shape index (κ2) is 9.23. The van der Waals surface area contributed by atoms with Crippen molar-refractivity contribution in [1.82, 2.24) is 25.2 Å². The maximum Gasteiger partial charge on any atom is 0.273 e. The van der Waals surface area contributed by atoms with E-state index in [1.54, 1.807) is 15.8 Å². The number of nitrogens with one attached hydrogen (secondary N) is 1. The van der Waals surface area contributed by atoms with E-state index < -0.39 is 0 Å². The van der Waals surface area contributed by atoms with E-state index in [4.69, 9.17) is 4.74 Å². The Kier molecular flexibility index (Phi) is 6.25. The molecular formula is C21H26FN5O3. The molecule has 2 aliphatic rings. The summed E-state index contributed by atoms with van der Waals surface area (Å²) in [5.74, 6) is -0.214. The molecule has 1 aromatic heterocycles. The SMILES string of the molecule is O=C(NC1CCCC1)c1cn(CC2CCCN2C(=O)COc2ccc(F)cc2)nn1. The van der Waals surface area contributed by atoms with E-state index in [0.717, 1.165) is 38.5 Å². The predicted octanol–water partition coefficient (Wildman–Crippen LogP) is 2.16.